The van der Waals surface area contributed by atoms with Gasteiger partial charge in [-0.2, -0.15) is 4.98 Å². The van der Waals surface area contributed by atoms with E-state index in [4.69, 9.17) is 19.1 Å². The standard InChI is InChI=1S/C22H19N5O2/c1-14-23-16-7-3-4-8-17(16)27(14)22-24-19-15-6-2-5-9-18(15)29-20(19)21(25-22)26-10-12-28-13-11-26/h2-9H,10-13H2,1H3. The molecule has 1 aliphatic rings. The monoisotopic (exact) mass is 385 g/mol. The molecule has 5 aromatic rings. The summed E-state index contributed by atoms with van der Waals surface area (Å²) in [6.07, 6.45) is 0. The molecule has 4 heterocycles. The Morgan fingerprint density at radius 3 is 2.59 bits per heavy atom. The average molecular weight is 385 g/mol. The van der Waals surface area contributed by atoms with Crippen molar-refractivity contribution in [3.8, 4) is 5.95 Å². The summed E-state index contributed by atoms with van der Waals surface area (Å²) in [7, 11) is 0. The summed E-state index contributed by atoms with van der Waals surface area (Å²) in [5, 5.41) is 0.989. The maximum Gasteiger partial charge on any atom is 0.238 e. The summed E-state index contributed by atoms with van der Waals surface area (Å²) >= 11 is 0. The second-order valence-corrected chi connectivity index (χ2v) is 7.21. The molecule has 0 unspecified atom stereocenters. The summed E-state index contributed by atoms with van der Waals surface area (Å²) in [5.41, 5.74) is 4.28. The van der Waals surface area contributed by atoms with Gasteiger partial charge in [0.2, 0.25) is 5.95 Å². The quantitative estimate of drug-likeness (QED) is 0.460. The van der Waals surface area contributed by atoms with Crippen LogP contribution in [0.3, 0.4) is 0 Å². The van der Waals surface area contributed by atoms with Crippen LogP contribution < -0.4 is 4.90 Å². The Balaban J connectivity index is 1.68. The summed E-state index contributed by atoms with van der Waals surface area (Å²) in [4.78, 5) is 16.8. The molecular weight excluding hydrogens is 366 g/mol. The number of fused-ring (bicyclic) bond motifs is 4. The van der Waals surface area contributed by atoms with Gasteiger partial charge in [-0.3, -0.25) is 4.57 Å². The molecule has 7 heteroatoms. The molecule has 0 radical (unpaired) electrons. The number of hydrogen-bond donors (Lipinski definition) is 0. The number of anilines is 1. The van der Waals surface area contributed by atoms with Gasteiger partial charge in [0.1, 0.15) is 16.9 Å². The van der Waals surface area contributed by atoms with E-state index in [0.717, 1.165) is 57.8 Å². The molecule has 1 fully saturated rings. The van der Waals surface area contributed by atoms with Crippen LogP contribution in [-0.2, 0) is 4.74 Å². The van der Waals surface area contributed by atoms with Gasteiger partial charge < -0.3 is 14.1 Å². The summed E-state index contributed by atoms with van der Waals surface area (Å²) < 4.78 is 13.7. The van der Waals surface area contributed by atoms with Crippen molar-refractivity contribution < 1.29 is 9.15 Å². The molecule has 0 amide bonds. The number of rotatable bonds is 2. The van der Waals surface area contributed by atoms with Gasteiger partial charge in [0.15, 0.2) is 11.4 Å². The molecular formula is C22H19N5O2. The Morgan fingerprint density at radius 1 is 0.897 bits per heavy atom. The molecule has 0 N–H and O–H groups in total. The van der Waals surface area contributed by atoms with E-state index in [9.17, 15) is 0 Å². The van der Waals surface area contributed by atoms with Crippen molar-refractivity contribution in [3.63, 3.8) is 0 Å². The first kappa shape index (κ1) is 16.5. The summed E-state index contributed by atoms with van der Waals surface area (Å²) in [6, 6.07) is 16.0. The number of imidazole rings is 1. The zero-order chi connectivity index (χ0) is 19.4. The van der Waals surface area contributed by atoms with E-state index in [1.54, 1.807) is 0 Å². The highest BCUT2D eigenvalue weighted by Gasteiger charge is 2.23. The van der Waals surface area contributed by atoms with Gasteiger partial charge in [0.25, 0.3) is 0 Å². The van der Waals surface area contributed by atoms with Crippen molar-refractivity contribution in [2.45, 2.75) is 6.92 Å². The molecule has 7 nitrogen and oxygen atoms in total. The summed E-state index contributed by atoms with van der Waals surface area (Å²) in [5.74, 6) is 2.27. The lowest BCUT2D eigenvalue weighted by molar-refractivity contribution is 0.122. The van der Waals surface area contributed by atoms with Gasteiger partial charge in [-0.15, -0.1) is 0 Å². The number of aryl methyl sites for hydroxylation is 1. The van der Waals surface area contributed by atoms with Crippen molar-refractivity contribution in [3.05, 3.63) is 54.4 Å². The number of para-hydroxylation sites is 3. The lowest BCUT2D eigenvalue weighted by atomic mass is 10.2. The van der Waals surface area contributed by atoms with E-state index < -0.39 is 0 Å². The first-order chi connectivity index (χ1) is 14.3. The summed E-state index contributed by atoms with van der Waals surface area (Å²) in [6.45, 7) is 4.87. The number of nitrogens with zero attached hydrogens (tertiary/aromatic N) is 5. The van der Waals surface area contributed by atoms with Crippen LogP contribution in [-0.4, -0.2) is 45.8 Å². The van der Waals surface area contributed by atoms with Crippen LogP contribution in [0.25, 0.3) is 39.1 Å². The number of ether oxygens (including phenoxy) is 1. The van der Waals surface area contributed by atoms with Crippen LogP contribution in [0.4, 0.5) is 5.82 Å². The highest BCUT2D eigenvalue weighted by molar-refractivity contribution is 6.06. The van der Waals surface area contributed by atoms with Gasteiger partial charge in [0.05, 0.1) is 24.2 Å². The normalized spacial score (nSPS) is 15.0. The minimum absolute atomic E-state index is 0.608. The van der Waals surface area contributed by atoms with E-state index in [1.807, 2.05) is 60.0 Å². The van der Waals surface area contributed by atoms with E-state index >= 15 is 0 Å². The fourth-order valence-electron chi connectivity index (χ4n) is 4.05. The minimum atomic E-state index is 0.608. The fourth-order valence-corrected chi connectivity index (χ4v) is 4.05. The average Bonchev–Trinajstić information content (AvgIpc) is 3.30. The van der Waals surface area contributed by atoms with Gasteiger partial charge in [-0.1, -0.05) is 24.3 Å². The van der Waals surface area contributed by atoms with Crippen LogP contribution in [0, 0.1) is 6.92 Å². The smallest absolute Gasteiger partial charge is 0.238 e. The van der Waals surface area contributed by atoms with Crippen molar-refractivity contribution in [2.75, 3.05) is 31.2 Å². The van der Waals surface area contributed by atoms with Gasteiger partial charge in [-0.25, -0.2) is 9.97 Å². The van der Waals surface area contributed by atoms with Crippen LogP contribution in [0.5, 0.6) is 0 Å². The van der Waals surface area contributed by atoms with Gasteiger partial charge in [0, 0.05) is 18.5 Å². The highest BCUT2D eigenvalue weighted by Crippen LogP contribution is 2.34. The van der Waals surface area contributed by atoms with Crippen LogP contribution in [0.15, 0.2) is 52.9 Å². The molecule has 0 spiro atoms. The Kier molecular flexibility index (Phi) is 3.57. The Labute approximate surface area is 166 Å². The number of morpholine rings is 1. The molecule has 144 valence electrons. The van der Waals surface area contributed by atoms with Crippen LogP contribution in [0.1, 0.15) is 5.82 Å². The third-order valence-electron chi connectivity index (χ3n) is 5.43. The van der Waals surface area contributed by atoms with Crippen molar-refractivity contribution in [1.82, 2.24) is 19.5 Å². The van der Waals surface area contributed by atoms with Crippen molar-refractivity contribution >= 4 is 38.9 Å². The van der Waals surface area contributed by atoms with Gasteiger partial charge in [-0.05, 0) is 31.2 Å². The molecule has 1 saturated heterocycles. The first-order valence-corrected chi connectivity index (χ1v) is 9.76. The molecule has 1 aliphatic heterocycles. The zero-order valence-electron chi connectivity index (χ0n) is 16.0. The topological polar surface area (TPSA) is 69.2 Å². The van der Waals surface area contributed by atoms with Crippen molar-refractivity contribution in [1.29, 1.82) is 0 Å². The highest BCUT2D eigenvalue weighted by atomic mass is 16.5. The second kappa shape index (κ2) is 6.28. The van der Waals surface area contributed by atoms with Crippen molar-refractivity contribution in [2.24, 2.45) is 0 Å². The maximum absolute atomic E-state index is 6.19. The third kappa shape index (κ3) is 2.51. The number of aromatic nitrogens is 4. The molecule has 0 bridgehead atoms. The van der Waals surface area contributed by atoms with E-state index in [2.05, 4.69) is 9.88 Å². The third-order valence-corrected chi connectivity index (χ3v) is 5.43. The molecule has 2 aromatic carbocycles. The number of benzene rings is 2. The molecule has 29 heavy (non-hydrogen) atoms. The van der Waals surface area contributed by atoms with Crippen LogP contribution >= 0.6 is 0 Å². The Bertz CT molecular complexity index is 1360. The van der Waals surface area contributed by atoms with Gasteiger partial charge >= 0.3 is 0 Å². The maximum atomic E-state index is 6.19. The largest absolute Gasteiger partial charge is 0.450 e. The molecule has 0 aliphatic carbocycles. The molecule has 6 rings (SSSR count). The SMILES string of the molecule is Cc1nc2ccccc2n1-c1nc(N2CCOCC2)c2oc3ccccc3c2n1. The minimum Gasteiger partial charge on any atom is -0.450 e. The van der Waals surface area contributed by atoms with E-state index in [-0.39, 0.29) is 0 Å². The lowest BCUT2D eigenvalue weighted by Crippen LogP contribution is -2.37. The number of furan rings is 1. The fraction of sp³-hybridized carbons (Fsp3) is 0.227. The zero-order valence-corrected chi connectivity index (χ0v) is 16.0. The molecule has 3 aromatic heterocycles. The van der Waals surface area contributed by atoms with E-state index in [1.165, 1.54) is 0 Å². The Hall–Kier alpha value is -3.45. The van der Waals surface area contributed by atoms with E-state index in [0.29, 0.717) is 19.2 Å². The second-order valence-electron chi connectivity index (χ2n) is 7.21. The number of hydrogen-bond acceptors (Lipinski definition) is 6. The predicted molar refractivity (Wildman–Crippen MR) is 112 cm³/mol. The lowest BCUT2D eigenvalue weighted by Gasteiger charge is -2.27. The molecule has 0 atom stereocenters. The first-order valence-electron chi connectivity index (χ1n) is 9.76. The molecule has 0 saturated carbocycles. The Morgan fingerprint density at radius 2 is 1.69 bits per heavy atom. The predicted octanol–water partition coefficient (Wildman–Crippen LogP) is 3.86. The van der Waals surface area contributed by atoms with Crippen LogP contribution in [0.2, 0.25) is 0 Å².